The number of ether oxygens (including phenoxy) is 2. The predicted octanol–water partition coefficient (Wildman–Crippen LogP) is 0.852. The predicted molar refractivity (Wildman–Crippen MR) is 54.6 cm³/mol. The molecule has 1 unspecified atom stereocenters. The smallest absolute Gasteiger partial charge is 0.323 e. The van der Waals surface area contributed by atoms with Crippen LogP contribution >= 0.6 is 0 Å². The van der Waals surface area contributed by atoms with Gasteiger partial charge in [-0.2, -0.15) is 0 Å². The summed E-state index contributed by atoms with van der Waals surface area (Å²) >= 11 is 0. The Hall–Kier alpha value is -1.39. The van der Waals surface area contributed by atoms with Crippen molar-refractivity contribution >= 4 is 17.7 Å². The Labute approximate surface area is 94.1 Å². The summed E-state index contributed by atoms with van der Waals surface area (Å²) in [6, 6.07) is 0. The van der Waals surface area contributed by atoms with E-state index in [1.165, 1.54) is 6.92 Å². The summed E-state index contributed by atoms with van der Waals surface area (Å²) in [7, 11) is 0. The highest BCUT2D eigenvalue weighted by molar-refractivity contribution is 6.01. The quantitative estimate of drug-likeness (QED) is 0.515. The van der Waals surface area contributed by atoms with Crippen molar-refractivity contribution in [1.82, 2.24) is 0 Å². The molecular formula is C11H16O5. The number of rotatable bonds is 5. The van der Waals surface area contributed by atoms with Crippen molar-refractivity contribution in [3.63, 3.8) is 0 Å². The average molecular weight is 228 g/mol. The Morgan fingerprint density at radius 3 is 2.62 bits per heavy atom. The van der Waals surface area contributed by atoms with E-state index < -0.39 is 17.4 Å². The van der Waals surface area contributed by atoms with Crippen LogP contribution in [0.5, 0.6) is 0 Å². The van der Waals surface area contributed by atoms with Crippen molar-refractivity contribution in [2.24, 2.45) is 5.41 Å². The molecule has 5 heteroatoms. The van der Waals surface area contributed by atoms with Gasteiger partial charge in [0.1, 0.15) is 5.78 Å². The van der Waals surface area contributed by atoms with Gasteiger partial charge in [0.2, 0.25) is 0 Å². The first kappa shape index (κ1) is 12.7. The van der Waals surface area contributed by atoms with E-state index in [0.717, 1.165) is 0 Å². The lowest BCUT2D eigenvalue weighted by Crippen LogP contribution is -2.37. The van der Waals surface area contributed by atoms with Crippen molar-refractivity contribution in [1.29, 1.82) is 0 Å². The molecule has 1 saturated heterocycles. The molecule has 1 heterocycles. The lowest BCUT2D eigenvalue weighted by molar-refractivity contribution is -0.165. The highest BCUT2D eigenvalue weighted by Crippen LogP contribution is 2.36. The summed E-state index contributed by atoms with van der Waals surface area (Å²) in [5, 5.41) is 0. The first-order chi connectivity index (χ1) is 7.53. The summed E-state index contributed by atoms with van der Waals surface area (Å²) in [5.74, 6) is -1.19. The summed E-state index contributed by atoms with van der Waals surface area (Å²) in [5.41, 5.74) is -1.25. The fourth-order valence-electron chi connectivity index (χ4n) is 1.73. The van der Waals surface area contributed by atoms with E-state index in [4.69, 9.17) is 9.47 Å². The van der Waals surface area contributed by atoms with Gasteiger partial charge < -0.3 is 14.3 Å². The number of Topliss-reactive ketones (excluding diaryl/α,β-unsaturated/α-hetero) is 1. The van der Waals surface area contributed by atoms with Crippen LogP contribution in [0.4, 0.5) is 0 Å². The van der Waals surface area contributed by atoms with E-state index in [1.807, 2.05) is 0 Å². The van der Waals surface area contributed by atoms with Gasteiger partial charge in [0.25, 0.3) is 0 Å². The third kappa shape index (κ3) is 2.40. The van der Waals surface area contributed by atoms with Crippen molar-refractivity contribution in [3.05, 3.63) is 0 Å². The summed E-state index contributed by atoms with van der Waals surface area (Å²) in [6.07, 6.45) is 0.672. The second-order valence-corrected chi connectivity index (χ2v) is 3.89. The summed E-state index contributed by atoms with van der Waals surface area (Å²) in [6.45, 7) is 3.54. The molecule has 1 fully saturated rings. The van der Waals surface area contributed by atoms with E-state index >= 15 is 0 Å². The minimum atomic E-state index is -1.25. The molecule has 0 N–H and O–H groups in total. The van der Waals surface area contributed by atoms with Crippen molar-refractivity contribution < 1.29 is 23.9 Å². The Morgan fingerprint density at radius 1 is 1.50 bits per heavy atom. The maximum atomic E-state index is 11.8. The maximum absolute atomic E-state index is 11.8. The second-order valence-electron chi connectivity index (χ2n) is 3.89. The zero-order valence-corrected chi connectivity index (χ0v) is 9.58. The Kier molecular flexibility index (Phi) is 4.04. The molecule has 1 aliphatic heterocycles. The molecule has 0 saturated carbocycles. The average Bonchev–Trinajstić information content (AvgIpc) is 2.58. The standard InChI is InChI=1S/C11H16O5/c1-3-15-9(13)11(5-4-8(2)12)6-7-16-10(11)14/h3-7H2,1-2H3. The zero-order chi connectivity index (χ0) is 12.2. The second kappa shape index (κ2) is 5.09. The molecule has 1 atom stereocenters. The van der Waals surface area contributed by atoms with Crippen LogP contribution in [0.1, 0.15) is 33.1 Å². The first-order valence-electron chi connectivity index (χ1n) is 5.37. The van der Waals surface area contributed by atoms with Crippen LogP contribution in [-0.2, 0) is 23.9 Å². The molecule has 16 heavy (non-hydrogen) atoms. The van der Waals surface area contributed by atoms with E-state index in [9.17, 15) is 14.4 Å². The molecule has 0 aromatic rings. The molecule has 0 bridgehead atoms. The molecular weight excluding hydrogens is 212 g/mol. The molecule has 1 aliphatic rings. The Morgan fingerprint density at radius 2 is 2.19 bits per heavy atom. The largest absolute Gasteiger partial charge is 0.465 e. The topological polar surface area (TPSA) is 69.7 Å². The van der Waals surface area contributed by atoms with Gasteiger partial charge in [0, 0.05) is 12.8 Å². The highest BCUT2D eigenvalue weighted by Gasteiger charge is 2.52. The molecule has 0 radical (unpaired) electrons. The zero-order valence-electron chi connectivity index (χ0n) is 9.58. The SMILES string of the molecule is CCOC(=O)C1(CCC(C)=O)CCOC1=O. The molecule has 1 rings (SSSR count). The van der Waals surface area contributed by atoms with Gasteiger partial charge in [-0.15, -0.1) is 0 Å². The third-order valence-corrected chi connectivity index (χ3v) is 2.72. The number of hydrogen-bond donors (Lipinski definition) is 0. The summed E-state index contributed by atoms with van der Waals surface area (Å²) < 4.78 is 9.70. The first-order valence-corrected chi connectivity index (χ1v) is 5.37. The third-order valence-electron chi connectivity index (χ3n) is 2.72. The highest BCUT2D eigenvalue weighted by atomic mass is 16.6. The minimum Gasteiger partial charge on any atom is -0.465 e. The lowest BCUT2D eigenvalue weighted by Gasteiger charge is -2.21. The van der Waals surface area contributed by atoms with Crippen LogP contribution in [0, 0.1) is 5.41 Å². The van der Waals surface area contributed by atoms with Crippen LogP contribution in [0.25, 0.3) is 0 Å². The molecule has 5 nitrogen and oxygen atoms in total. The van der Waals surface area contributed by atoms with Crippen LogP contribution < -0.4 is 0 Å². The number of cyclic esters (lactones) is 1. The fourth-order valence-corrected chi connectivity index (χ4v) is 1.73. The molecule has 0 spiro atoms. The number of hydrogen-bond acceptors (Lipinski definition) is 5. The van der Waals surface area contributed by atoms with Crippen LogP contribution in [0.2, 0.25) is 0 Å². The Balaban J connectivity index is 2.80. The molecule has 0 aromatic heterocycles. The normalized spacial score (nSPS) is 24.0. The van der Waals surface area contributed by atoms with Crippen molar-refractivity contribution in [3.8, 4) is 0 Å². The van der Waals surface area contributed by atoms with Crippen molar-refractivity contribution in [2.45, 2.75) is 33.1 Å². The van der Waals surface area contributed by atoms with Gasteiger partial charge in [-0.05, 0) is 20.3 Å². The number of esters is 2. The monoisotopic (exact) mass is 228 g/mol. The molecule has 0 amide bonds. The van der Waals surface area contributed by atoms with E-state index in [1.54, 1.807) is 6.92 Å². The van der Waals surface area contributed by atoms with Gasteiger partial charge in [-0.3, -0.25) is 9.59 Å². The van der Waals surface area contributed by atoms with Crippen LogP contribution in [0.3, 0.4) is 0 Å². The van der Waals surface area contributed by atoms with E-state index in [2.05, 4.69) is 0 Å². The molecule has 90 valence electrons. The number of ketones is 1. The van der Waals surface area contributed by atoms with E-state index in [-0.39, 0.29) is 31.8 Å². The summed E-state index contributed by atoms with van der Waals surface area (Å²) in [4.78, 5) is 34.3. The van der Waals surface area contributed by atoms with Gasteiger partial charge in [-0.25, -0.2) is 0 Å². The van der Waals surface area contributed by atoms with Gasteiger partial charge in [0.15, 0.2) is 5.41 Å². The van der Waals surface area contributed by atoms with Gasteiger partial charge in [0.05, 0.1) is 13.2 Å². The Bertz CT molecular complexity index is 309. The van der Waals surface area contributed by atoms with Crippen LogP contribution in [-0.4, -0.2) is 30.9 Å². The molecule has 0 aliphatic carbocycles. The fraction of sp³-hybridized carbons (Fsp3) is 0.727. The number of carbonyl (C=O) groups excluding carboxylic acids is 3. The van der Waals surface area contributed by atoms with Gasteiger partial charge in [-0.1, -0.05) is 0 Å². The lowest BCUT2D eigenvalue weighted by atomic mass is 9.81. The molecule has 0 aromatic carbocycles. The van der Waals surface area contributed by atoms with Crippen molar-refractivity contribution in [2.75, 3.05) is 13.2 Å². The van der Waals surface area contributed by atoms with Gasteiger partial charge >= 0.3 is 11.9 Å². The number of carbonyl (C=O) groups is 3. The van der Waals surface area contributed by atoms with Crippen LogP contribution in [0.15, 0.2) is 0 Å². The maximum Gasteiger partial charge on any atom is 0.323 e. The van der Waals surface area contributed by atoms with E-state index in [0.29, 0.717) is 6.42 Å². The minimum absolute atomic E-state index is 0.0524.